The van der Waals surface area contributed by atoms with Crippen molar-refractivity contribution in [3.63, 3.8) is 0 Å². The van der Waals surface area contributed by atoms with Crippen LogP contribution in [0.2, 0.25) is 5.02 Å². The maximum absolute atomic E-state index is 12.3. The van der Waals surface area contributed by atoms with E-state index in [1.165, 1.54) is 17.3 Å². The number of nitrogens with one attached hydrogen (secondary N) is 1. The first-order valence-electron chi connectivity index (χ1n) is 9.87. The molecule has 3 aromatic rings. The molecule has 4 rings (SSSR count). The second-order valence-electron chi connectivity index (χ2n) is 7.21. The Morgan fingerprint density at radius 3 is 2.73 bits per heavy atom. The molecule has 30 heavy (non-hydrogen) atoms. The van der Waals surface area contributed by atoms with Gasteiger partial charge >= 0.3 is 0 Å². The summed E-state index contributed by atoms with van der Waals surface area (Å²) in [5.41, 5.74) is 2.29. The summed E-state index contributed by atoms with van der Waals surface area (Å²) < 4.78 is 7.93. The first-order valence-corrected chi connectivity index (χ1v) is 11.2. The largest absolute Gasteiger partial charge is 0.484 e. The van der Waals surface area contributed by atoms with E-state index in [9.17, 15) is 4.79 Å². The minimum atomic E-state index is -0.0255. The first-order chi connectivity index (χ1) is 14.6. The lowest BCUT2D eigenvalue weighted by Crippen LogP contribution is -2.25. The van der Waals surface area contributed by atoms with Crippen molar-refractivity contribution >= 4 is 29.3 Å². The van der Waals surface area contributed by atoms with E-state index in [0.717, 1.165) is 29.4 Å². The molecule has 0 spiro atoms. The summed E-state index contributed by atoms with van der Waals surface area (Å²) in [6.07, 6.45) is 2.17. The number of hydrogen-bond acceptors (Lipinski definition) is 5. The average Bonchev–Trinajstić information content (AvgIpc) is 3.51. The Labute approximate surface area is 185 Å². The van der Waals surface area contributed by atoms with Crippen LogP contribution >= 0.6 is 23.4 Å². The number of carbonyl (C=O) groups is 1. The van der Waals surface area contributed by atoms with Crippen LogP contribution in [0, 0.1) is 6.92 Å². The highest BCUT2D eigenvalue weighted by atomic mass is 35.5. The molecule has 1 fully saturated rings. The van der Waals surface area contributed by atoms with Crippen LogP contribution in [0.1, 0.15) is 35.8 Å². The Morgan fingerprint density at radius 1 is 1.20 bits per heavy atom. The molecule has 8 heteroatoms. The summed E-state index contributed by atoms with van der Waals surface area (Å²) in [6.45, 7) is 2.85. The number of aromatic nitrogens is 3. The van der Waals surface area contributed by atoms with Crippen molar-refractivity contribution in [3.8, 4) is 5.75 Å². The number of benzene rings is 2. The van der Waals surface area contributed by atoms with Crippen molar-refractivity contribution in [3.05, 3.63) is 70.5 Å². The third kappa shape index (κ3) is 5.15. The predicted molar refractivity (Wildman–Crippen MR) is 118 cm³/mol. The Hall–Kier alpha value is -2.51. The number of rotatable bonds is 9. The van der Waals surface area contributed by atoms with Gasteiger partial charge in [0.25, 0.3) is 0 Å². The van der Waals surface area contributed by atoms with Crippen LogP contribution < -0.4 is 10.1 Å². The molecule has 0 saturated heterocycles. The van der Waals surface area contributed by atoms with E-state index in [-0.39, 0.29) is 12.5 Å². The van der Waals surface area contributed by atoms with Crippen molar-refractivity contribution < 1.29 is 9.53 Å². The van der Waals surface area contributed by atoms with Crippen LogP contribution in [0.5, 0.6) is 5.75 Å². The molecule has 1 heterocycles. The fourth-order valence-corrected chi connectivity index (χ4v) is 4.14. The van der Waals surface area contributed by atoms with E-state index < -0.39 is 0 Å². The lowest BCUT2D eigenvalue weighted by atomic mass is 10.1. The zero-order valence-electron chi connectivity index (χ0n) is 16.7. The molecule has 0 radical (unpaired) electrons. The second kappa shape index (κ2) is 9.53. The van der Waals surface area contributed by atoms with Gasteiger partial charge in [-0.15, -0.1) is 10.2 Å². The quantitative estimate of drug-likeness (QED) is 0.492. The smallest absolute Gasteiger partial charge is 0.230 e. The number of ether oxygens (including phenoxy) is 1. The fourth-order valence-electron chi connectivity index (χ4n) is 3.09. The number of hydrogen-bond donors (Lipinski definition) is 1. The van der Waals surface area contributed by atoms with E-state index in [1.54, 1.807) is 6.07 Å². The molecule has 1 amide bonds. The Kier molecular flexibility index (Phi) is 6.59. The van der Waals surface area contributed by atoms with E-state index in [0.29, 0.717) is 29.1 Å². The molecule has 1 aliphatic carbocycles. The molecular formula is C22H23ClN4O2S. The number of para-hydroxylation sites is 1. The third-order valence-electron chi connectivity index (χ3n) is 4.91. The van der Waals surface area contributed by atoms with Gasteiger partial charge in [-0.1, -0.05) is 59.8 Å². The minimum Gasteiger partial charge on any atom is -0.484 e. The molecule has 1 aliphatic rings. The van der Waals surface area contributed by atoms with E-state index >= 15 is 0 Å². The Balaban J connectivity index is 1.34. The molecule has 0 bridgehead atoms. The number of nitrogens with zero attached hydrogens (tertiary/aromatic N) is 3. The lowest BCUT2D eigenvalue weighted by molar-refractivity contribution is -0.118. The van der Waals surface area contributed by atoms with Gasteiger partial charge in [0.2, 0.25) is 5.91 Å². The monoisotopic (exact) mass is 442 g/mol. The van der Waals surface area contributed by atoms with Gasteiger partial charge in [-0.05, 0) is 43.0 Å². The van der Waals surface area contributed by atoms with E-state index in [1.807, 2.05) is 49.4 Å². The average molecular weight is 443 g/mol. The maximum Gasteiger partial charge on any atom is 0.230 e. The molecule has 6 nitrogen and oxygen atoms in total. The highest BCUT2D eigenvalue weighted by Gasteiger charge is 2.30. The van der Waals surface area contributed by atoms with Gasteiger partial charge in [-0.25, -0.2) is 0 Å². The third-order valence-corrected chi connectivity index (χ3v) is 6.17. The standard InChI is InChI=1S/C22H23ClN4O2S/c1-15-6-2-3-7-16(15)12-24-21(28)14-30-22-26-25-20(27(22)17-10-11-17)13-29-19-9-5-4-8-18(19)23/h2-9,17H,10-14H2,1H3,(H,24,28). The molecule has 0 unspecified atom stereocenters. The topological polar surface area (TPSA) is 69.0 Å². The van der Waals surface area contributed by atoms with Crippen molar-refractivity contribution in [2.75, 3.05) is 5.75 Å². The van der Waals surface area contributed by atoms with Crippen molar-refractivity contribution in [2.45, 2.75) is 44.1 Å². The number of halogens is 1. The lowest BCUT2D eigenvalue weighted by Gasteiger charge is -2.11. The predicted octanol–water partition coefficient (Wildman–Crippen LogP) is 4.56. The molecule has 2 aromatic carbocycles. The number of thioether (sulfide) groups is 1. The van der Waals surface area contributed by atoms with Crippen LogP contribution in [0.4, 0.5) is 0 Å². The van der Waals surface area contributed by atoms with Crippen LogP contribution in [-0.2, 0) is 17.9 Å². The van der Waals surface area contributed by atoms with E-state index in [2.05, 4.69) is 20.1 Å². The maximum atomic E-state index is 12.3. The molecule has 1 saturated carbocycles. The fraction of sp³-hybridized carbons (Fsp3) is 0.318. The van der Waals surface area contributed by atoms with Gasteiger partial charge < -0.3 is 10.1 Å². The highest BCUT2D eigenvalue weighted by Crippen LogP contribution is 2.39. The van der Waals surface area contributed by atoms with Crippen LogP contribution in [0.3, 0.4) is 0 Å². The van der Waals surface area contributed by atoms with Crippen molar-refractivity contribution in [2.24, 2.45) is 0 Å². The zero-order chi connectivity index (χ0) is 20.9. The SMILES string of the molecule is Cc1ccccc1CNC(=O)CSc1nnc(COc2ccccc2Cl)n1C1CC1. The molecule has 1 N–H and O–H groups in total. The molecule has 0 aliphatic heterocycles. The van der Waals surface area contributed by atoms with Crippen LogP contribution in [0.15, 0.2) is 53.7 Å². The summed E-state index contributed by atoms with van der Waals surface area (Å²) >= 11 is 7.57. The molecule has 1 aromatic heterocycles. The van der Waals surface area contributed by atoms with Crippen LogP contribution in [-0.4, -0.2) is 26.4 Å². The number of amides is 1. The molecule has 156 valence electrons. The van der Waals surface area contributed by atoms with Crippen molar-refractivity contribution in [1.82, 2.24) is 20.1 Å². The van der Waals surface area contributed by atoms with Gasteiger partial charge in [0.05, 0.1) is 10.8 Å². The number of carbonyl (C=O) groups excluding carboxylic acids is 1. The summed E-state index contributed by atoms with van der Waals surface area (Å²) in [6, 6.07) is 15.8. The molecular weight excluding hydrogens is 420 g/mol. The first kappa shape index (κ1) is 20.8. The number of aryl methyl sites for hydroxylation is 1. The minimum absolute atomic E-state index is 0.0255. The summed E-state index contributed by atoms with van der Waals surface area (Å²) in [5.74, 6) is 1.64. The highest BCUT2D eigenvalue weighted by molar-refractivity contribution is 7.99. The van der Waals surface area contributed by atoms with Gasteiger partial charge in [0.15, 0.2) is 11.0 Å². The normalized spacial score (nSPS) is 13.3. The Morgan fingerprint density at radius 2 is 1.97 bits per heavy atom. The molecule has 0 atom stereocenters. The van der Waals surface area contributed by atoms with Gasteiger partial charge in [0.1, 0.15) is 12.4 Å². The van der Waals surface area contributed by atoms with Gasteiger partial charge in [0, 0.05) is 12.6 Å². The summed E-state index contributed by atoms with van der Waals surface area (Å²) in [7, 11) is 0. The van der Waals surface area contributed by atoms with Gasteiger partial charge in [-0.3, -0.25) is 9.36 Å². The zero-order valence-corrected chi connectivity index (χ0v) is 18.2. The van der Waals surface area contributed by atoms with Crippen LogP contribution in [0.25, 0.3) is 0 Å². The van der Waals surface area contributed by atoms with Gasteiger partial charge in [-0.2, -0.15) is 0 Å². The Bertz CT molecular complexity index is 1040. The second-order valence-corrected chi connectivity index (χ2v) is 8.56. The van der Waals surface area contributed by atoms with E-state index in [4.69, 9.17) is 16.3 Å². The summed E-state index contributed by atoms with van der Waals surface area (Å²) in [5, 5.41) is 12.9. The summed E-state index contributed by atoms with van der Waals surface area (Å²) in [4.78, 5) is 12.3. The van der Waals surface area contributed by atoms with Crippen molar-refractivity contribution in [1.29, 1.82) is 0 Å².